The Morgan fingerprint density at radius 3 is 2.37 bits per heavy atom. The zero-order chi connectivity index (χ0) is 14.3. The van der Waals surface area contributed by atoms with Crippen LogP contribution >= 0.6 is 0 Å². The van der Waals surface area contributed by atoms with Crippen molar-refractivity contribution in [3.8, 4) is 0 Å². The zero-order valence-electron chi connectivity index (χ0n) is 10.8. The third kappa shape index (κ3) is 4.79. The molecule has 0 radical (unpaired) electrons. The standard InChI is InChI=1S/C13H16N2O4/c1-3-14-13(18)15-12(17)11(19-9(2)16)10-7-5-4-6-8-10/h4-8,11H,3H2,1-2H3,(H2,14,15,17,18)/t11-/m0/s1. The Morgan fingerprint density at radius 1 is 1.21 bits per heavy atom. The van der Waals surface area contributed by atoms with Gasteiger partial charge in [-0.3, -0.25) is 14.9 Å². The minimum Gasteiger partial charge on any atom is -0.447 e. The number of benzene rings is 1. The number of hydrogen-bond acceptors (Lipinski definition) is 4. The van der Waals surface area contributed by atoms with Crippen LogP contribution in [0.5, 0.6) is 0 Å². The first-order valence-corrected chi connectivity index (χ1v) is 5.85. The Morgan fingerprint density at radius 2 is 1.84 bits per heavy atom. The van der Waals surface area contributed by atoms with Crippen molar-refractivity contribution in [1.82, 2.24) is 10.6 Å². The molecule has 6 nitrogen and oxygen atoms in total. The molecule has 0 fully saturated rings. The second kappa shape index (κ2) is 7.15. The molecule has 1 aromatic carbocycles. The molecule has 0 heterocycles. The molecule has 102 valence electrons. The van der Waals surface area contributed by atoms with E-state index in [-0.39, 0.29) is 0 Å². The lowest BCUT2D eigenvalue weighted by atomic mass is 10.1. The summed E-state index contributed by atoms with van der Waals surface area (Å²) in [5, 5.41) is 4.54. The lowest BCUT2D eigenvalue weighted by molar-refractivity contribution is -0.154. The van der Waals surface area contributed by atoms with Crippen LogP contribution < -0.4 is 10.6 Å². The highest BCUT2D eigenvalue weighted by atomic mass is 16.5. The molecule has 19 heavy (non-hydrogen) atoms. The third-order valence-corrected chi connectivity index (χ3v) is 2.20. The van der Waals surface area contributed by atoms with Crippen molar-refractivity contribution in [2.45, 2.75) is 20.0 Å². The summed E-state index contributed by atoms with van der Waals surface area (Å²) in [7, 11) is 0. The van der Waals surface area contributed by atoms with E-state index < -0.39 is 24.0 Å². The van der Waals surface area contributed by atoms with Crippen LogP contribution in [0.3, 0.4) is 0 Å². The summed E-state index contributed by atoms with van der Waals surface area (Å²) in [4.78, 5) is 34.2. The highest BCUT2D eigenvalue weighted by Gasteiger charge is 2.25. The van der Waals surface area contributed by atoms with Gasteiger partial charge in [0.1, 0.15) is 0 Å². The Hall–Kier alpha value is -2.37. The zero-order valence-corrected chi connectivity index (χ0v) is 10.8. The lowest BCUT2D eigenvalue weighted by Crippen LogP contribution is -2.42. The smallest absolute Gasteiger partial charge is 0.321 e. The molecule has 0 spiro atoms. The Kier molecular flexibility index (Phi) is 5.53. The molecule has 0 aliphatic rings. The molecule has 0 aromatic heterocycles. The monoisotopic (exact) mass is 264 g/mol. The van der Waals surface area contributed by atoms with E-state index in [1.54, 1.807) is 37.3 Å². The van der Waals surface area contributed by atoms with E-state index in [2.05, 4.69) is 10.6 Å². The van der Waals surface area contributed by atoms with Gasteiger partial charge in [-0.25, -0.2) is 4.79 Å². The molecular formula is C13H16N2O4. The van der Waals surface area contributed by atoms with E-state index in [4.69, 9.17) is 4.74 Å². The van der Waals surface area contributed by atoms with Crippen LogP contribution in [0.4, 0.5) is 4.79 Å². The van der Waals surface area contributed by atoms with Crippen LogP contribution in [-0.4, -0.2) is 24.5 Å². The Bertz CT molecular complexity index is 459. The van der Waals surface area contributed by atoms with Crippen LogP contribution in [0.2, 0.25) is 0 Å². The van der Waals surface area contributed by atoms with Crippen molar-refractivity contribution in [2.24, 2.45) is 0 Å². The number of imide groups is 1. The molecule has 2 N–H and O–H groups in total. The molecule has 0 saturated heterocycles. The predicted molar refractivity (Wildman–Crippen MR) is 68.2 cm³/mol. The number of carbonyl (C=O) groups is 3. The topological polar surface area (TPSA) is 84.5 Å². The van der Waals surface area contributed by atoms with E-state index in [1.807, 2.05) is 0 Å². The van der Waals surface area contributed by atoms with Crippen LogP contribution in [0.15, 0.2) is 30.3 Å². The van der Waals surface area contributed by atoms with Gasteiger partial charge in [-0.15, -0.1) is 0 Å². The van der Waals surface area contributed by atoms with E-state index in [0.717, 1.165) is 0 Å². The summed E-state index contributed by atoms with van der Waals surface area (Å²) in [6.45, 7) is 3.32. The van der Waals surface area contributed by atoms with Gasteiger partial charge in [0.25, 0.3) is 5.91 Å². The molecule has 0 unspecified atom stereocenters. The van der Waals surface area contributed by atoms with Crippen molar-refractivity contribution >= 4 is 17.9 Å². The van der Waals surface area contributed by atoms with E-state index in [9.17, 15) is 14.4 Å². The first-order chi connectivity index (χ1) is 9.04. The Balaban J connectivity index is 2.83. The van der Waals surface area contributed by atoms with Gasteiger partial charge in [0, 0.05) is 19.0 Å². The molecule has 0 bridgehead atoms. The van der Waals surface area contributed by atoms with Crippen molar-refractivity contribution in [3.05, 3.63) is 35.9 Å². The summed E-state index contributed by atoms with van der Waals surface area (Å²) >= 11 is 0. The maximum atomic E-state index is 11.9. The number of esters is 1. The first-order valence-electron chi connectivity index (χ1n) is 5.85. The van der Waals surface area contributed by atoms with Gasteiger partial charge >= 0.3 is 12.0 Å². The average molecular weight is 264 g/mol. The number of amides is 3. The van der Waals surface area contributed by atoms with Gasteiger partial charge in [0.2, 0.25) is 6.10 Å². The Labute approximate surface area is 111 Å². The third-order valence-electron chi connectivity index (χ3n) is 2.20. The maximum Gasteiger partial charge on any atom is 0.321 e. The second-order valence-corrected chi connectivity index (χ2v) is 3.75. The number of rotatable bonds is 4. The molecular weight excluding hydrogens is 248 g/mol. The summed E-state index contributed by atoms with van der Waals surface area (Å²) in [6, 6.07) is 7.86. The molecule has 1 aromatic rings. The largest absolute Gasteiger partial charge is 0.447 e. The van der Waals surface area contributed by atoms with Gasteiger partial charge in [-0.1, -0.05) is 30.3 Å². The number of ether oxygens (including phenoxy) is 1. The molecule has 6 heteroatoms. The van der Waals surface area contributed by atoms with Crippen molar-refractivity contribution in [3.63, 3.8) is 0 Å². The number of nitrogens with one attached hydrogen (secondary N) is 2. The highest BCUT2D eigenvalue weighted by Crippen LogP contribution is 2.17. The van der Waals surface area contributed by atoms with Gasteiger partial charge < -0.3 is 10.1 Å². The molecule has 1 rings (SSSR count). The molecule has 0 aliphatic carbocycles. The second-order valence-electron chi connectivity index (χ2n) is 3.75. The van der Waals surface area contributed by atoms with Crippen molar-refractivity contribution < 1.29 is 19.1 Å². The van der Waals surface area contributed by atoms with Gasteiger partial charge in [0.15, 0.2) is 0 Å². The molecule has 3 amide bonds. The number of hydrogen-bond donors (Lipinski definition) is 2. The van der Waals surface area contributed by atoms with Crippen LogP contribution in [0.25, 0.3) is 0 Å². The number of carbonyl (C=O) groups excluding carboxylic acids is 3. The van der Waals surface area contributed by atoms with E-state index >= 15 is 0 Å². The van der Waals surface area contributed by atoms with Gasteiger partial charge in [-0.05, 0) is 6.92 Å². The van der Waals surface area contributed by atoms with E-state index in [0.29, 0.717) is 12.1 Å². The minimum atomic E-state index is -1.14. The van der Waals surface area contributed by atoms with Gasteiger partial charge in [-0.2, -0.15) is 0 Å². The van der Waals surface area contributed by atoms with Gasteiger partial charge in [0.05, 0.1) is 0 Å². The average Bonchev–Trinajstić information content (AvgIpc) is 2.37. The summed E-state index contributed by atoms with van der Waals surface area (Å²) in [5.41, 5.74) is 0.500. The van der Waals surface area contributed by atoms with E-state index in [1.165, 1.54) is 6.92 Å². The predicted octanol–water partition coefficient (Wildman–Crippen LogP) is 1.14. The fraction of sp³-hybridized carbons (Fsp3) is 0.308. The summed E-state index contributed by atoms with van der Waals surface area (Å²) in [5.74, 6) is -1.28. The SMILES string of the molecule is CCNC(=O)NC(=O)[C@@H](OC(C)=O)c1ccccc1. The highest BCUT2D eigenvalue weighted by molar-refractivity contribution is 5.97. The van der Waals surface area contributed by atoms with Crippen molar-refractivity contribution in [1.29, 1.82) is 0 Å². The lowest BCUT2D eigenvalue weighted by Gasteiger charge is -2.16. The maximum absolute atomic E-state index is 11.9. The fourth-order valence-corrected chi connectivity index (χ4v) is 1.45. The number of urea groups is 1. The molecule has 0 aliphatic heterocycles. The first kappa shape index (κ1) is 14.7. The van der Waals surface area contributed by atoms with Crippen LogP contribution in [-0.2, 0) is 14.3 Å². The normalized spacial score (nSPS) is 11.3. The molecule has 0 saturated carbocycles. The molecule has 1 atom stereocenters. The minimum absolute atomic E-state index is 0.392. The van der Waals surface area contributed by atoms with Crippen LogP contribution in [0.1, 0.15) is 25.5 Å². The summed E-state index contributed by atoms with van der Waals surface area (Å²) < 4.78 is 4.95. The summed E-state index contributed by atoms with van der Waals surface area (Å²) in [6.07, 6.45) is -1.14. The quantitative estimate of drug-likeness (QED) is 0.798. The fourth-order valence-electron chi connectivity index (χ4n) is 1.45. The van der Waals surface area contributed by atoms with Crippen LogP contribution in [0, 0.1) is 0 Å². The van der Waals surface area contributed by atoms with Crippen molar-refractivity contribution in [2.75, 3.05) is 6.54 Å².